The Hall–Kier alpha value is -3.30. The van der Waals surface area contributed by atoms with E-state index < -0.39 is 10.0 Å². The molecule has 0 saturated carbocycles. The summed E-state index contributed by atoms with van der Waals surface area (Å²) < 4.78 is 27.4. The van der Waals surface area contributed by atoms with Crippen molar-refractivity contribution in [1.82, 2.24) is 19.5 Å². The topological polar surface area (TPSA) is 108 Å². The SMILES string of the molecule is Cc1ccccc1S(=O)(=O)N1Cc2n[nH]c(NC(=O)/C=C/c3ccncc3)c2C1. The summed E-state index contributed by atoms with van der Waals surface area (Å²) in [5.41, 5.74) is 2.82. The standard InChI is InChI=1S/C20H19N5O3S/c1-14-4-2-3-5-18(14)29(27,28)25-12-16-17(13-25)23-24-20(16)22-19(26)7-6-15-8-10-21-11-9-15/h2-11H,12-13H2,1H3,(H2,22,23,24,26)/b7-6+. The van der Waals surface area contributed by atoms with Crippen LogP contribution in [0.5, 0.6) is 0 Å². The van der Waals surface area contributed by atoms with Gasteiger partial charge in [-0.15, -0.1) is 0 Å². The van der Waals surface area contributed by atoms with E-state index in [9.17, 15) is 13.2 Å². The van der Waals surface area contributed by atoms with Crippen molar-refractivity contribution >= 4 is 27.8 Å². The van der Waals surface area contributed by atoms with E-state index in [2.05, 4.69) is 20.5 Å². The van der Waals surface area contributed by atoms with Gasteiger partial charge in [-0.3, -0.25) is 14.9 Å². The van der Waals surface area contributed by atoms with E-state index in [0.29, 0.717) is 22.6 Å². The predicted octanol–water partition coefficient (Wildman–Crippen LogP) is 2.47. The molecule has 0 fully saturated rings. The Bertz CT molecular complexity index is 1190. The summed E-state index contributed by atoms with van der Waals surface area (Å²) in [5, 5.41) is 9.69. The molecule has 0 unspecified atom stereocenters. The molecule has 3 heterocycles. The second kappa shape index (κ2) is 7.61. The highest BCUT2D eigenvalue weighted by molar-refractivity contribution is 7.89. The Kier molecular flexibility index (Phi) is 4.99. The average molecular weight is 409 g/mol. The van der Waals surface area contributed by atoms with Gasteiger partial charge in [0.1, 0.15) is 5.82 Å². The molecule has 0 atom stereocenters. The normalized spacial score (nSPS) is 14.2. The van der Waals surface area contributed by atoms with Gasteiger partial charge in [0, 0.05) is 30.6 Å². The van der Waals surface area contributed by atoms with E-state index in [-0.39, 0.29) is 23.9 Å². The number of nitrogens with one attached hydrogen (secondary N) is 2. The van der Waals surface area contributed by atoms with Crippen LogP contribution in [0.1, 0.15) is 22.4 Å². The molecule has 2 N–H and O–H groups in total. The highest BCUT2D eigenvalue weighted by atomic mass is 32.2. The van der Waals surface area contributed by atoms with Gasteiger partial charge >= 0.3 is 0 Å². The molecule has 3 aromatic rings. The van der Waals surface area contributed by atoms with Gasteiger partial charge in [0.15, 0.2) is 0 Å². The fourth-order valence-corrected chi connectivity index (χ4v) is 4.77. The van der Waals surface area contributed by atoms with Gasteiger partial charge < -0.3 is 5.32 Å². The number of anilines is 1. The zero-order valence-corrected chi connectivity index (χ0v) is 16.5. The molecule has 0 saturated heterocycles. The summed E-state index contributed by atoms with van der Waals surface area (Å²) in [7, 11) is -3.65. The van der Waals surface area contributed by atoms with E-state index in [1.807, 2.05) is 0 Å². The fraction of sp³-hybridized carbons (Fsp3) is 0.150. The van der Waals surface area contributed by atoms with Crippen molar-refractivity contribution in [3.05, 3.63) is 77.3 Å². The van der Waals surface area contributed by atoms with Gasteiger partial charge in [-0.2, -0.15) is 9.40 Å². The number of sulfonamides is 1. The molecule has 9 heteroatoms. The number of aromatic amines is 1. The molecule has 0 radical (unpaired) electrons. The minimum atomic E-state index is -3.65. The Morgan fingerprint density at radius 1 is 1.17 bits per heavy atom. The zero-order chi connectivity index (χ0) is 20.4. The van der Waals surface area contributed by atoms with Gasteiger partial charge in [0.2, 0.25) is 15.9 Å². The van der Waals surface area contributed by atoms with Crippen molar-refractivity contribution in [1.29, 1.82) is 0 Å². The van der Waals surface area contributed by atoms with Crippen LogP contribution < -0.4 is 5.32 Å². The van der Waals surface area contributed by atoms with Crippen molar-refractivity contribution in [2.75, 3.05) is 5.32 Å². The molecule has 1 aliphatic rings. The molecule has 8 nitrogen and oxygen atoms in total. The first kappa shape index (κ1) is 19.0. The van der Waals surface area contributed by atoms with Crippen LogP contribution in [0.2, 0.25) is 0 Å². The molecule has 2 aromatic heterocycles. The summed E-state index contributed by atoms with van der Waals surface area (Å²) in [6.45, 7) is 2.07. The molecular formula is C20H19N5O3S. The molecule has 0 bridgehead atoms. The number of amides is 1. The van der Waals surface area contributed by atoms with E-state index in [0.717, 1.165) is 5.56 Å². The van der Waals surface area contributed by atoms with Crippen LogP contribution in [-0.4, -0.2) is 33.8 Å². The van der Waals surface area contributed by atoms with Crippen LogP contribution in [0.4, 0.5) is 5.82 Å². The fourth-order valence-electron chi connectivity index (χ4n) is 3.17. The third-order valence-corrected chi connectivity index (χ3v) is 6.66. The van der Waals surface area contributed by atoms with Crippen LogP contribution >= 0.6 is 0 Å². The maximum Gasteiger partial charge on any atom is 0.249 e. The van der Waals surface area contributed by atoms with Crippen molar-refractivity contribution < 1.29 is 13.2 Å². The Labute approximate surface area is 168 Å². The Morgan fingerprint density at radius 3 is 2.69 bits per heavy atom. The molecule has 1 aliphatic heterocycles. The lowest BCUT2D eigenvalue weighted by molar-refractivity contribution is -0.111. The van der Waals surface area contributed by atoms with E-state index >= 15 is 0 Å². The molecule has 1 aromatic carbocycles. The lowest BCUT2D eigenvalue weighted by Gasteiger charge is -2.17. The first-order valence-corrected chi connectivity index (χ1v) is 10.4. The quantitative estimate of drug-likeness (QED) is 0.630. The zero-order valence-electron chi connectivity index (χ0n) is 15.7. The Morgan fingerprint density at radius 2 is 1.93 bits per heavy atom. The van der Waals surface area contributed by atoms with E-state index in [1.54, 1.807) is 61.8 Å². The minimum Gasteiger partial charge on any atom is -0.307 e. The number of hydrogen-bond donors (Lipinski definition) is 2. The van der Waals surface area contributed by atoms with E-state index in [1.165, 1.54) is 10.4 Å². The van der Waals surface area contributed by atoms with Crippen molar-refractivity contribution in [3.63, 3.8) is 0 Å². The summed E-state index contributed by atoms with van der Waals surface area (Å²) in [6, 6.07) is 10.4. The molecule has 4 rings (SSSR count). The summed E-state index contributed by atoms with van der Waals surface area (Å²) in [4.78, 5) is 16.4. The smallest absolute Gasteiger partial charge is 0.249 e. The number of aryl methyl sites for hydroxylation is 1. The Balaban J connectivity index is 1.49. The van der Waals surface area contributed by atoms with Gasteiger partial charge in [-0.05, 0) is 42.3 Å². The van der Waals surface area contributed by atoms with Gasteiger partial charge in [0.25, 0.3) is 0 Å². The molecule has 148 valence electrons. The molecule has 0 aliphatic carbocycles. The van der Waals surface area contributed by atoms with Crippen molar-refractivity contribution in [3.8, 4) is 0 Å². The van der Waals surface area contributed by atoms with Crippen LogP contribution in [0.25, 0.3) is 6.08 Å². The maximum atomic E-state index is 13.0. The van der Waals surface area contributed by atoms with Crippen molar-refractivity contribution in [2.45, 2.75) is 24.9 Å². The molecule has 1 amide bonds. The minimum absolute atomic E-state index is 0.145. The largest absolute Gasteiger partial charge is 0.307 e. The van der Waals surface area contributed by atoms with Crippen LogP contribution in [0, 0.1) is 6.92 Å². The third kappa shape index (κ3) is 3.82. The van der Waals surface area contributed by atoms with Gasteiger partial charge in [-0.1, -0.05) is 18.2 Å². The second-order valence-corrected chi connectivity index (χ2v) is 8.57. The van der Waals surface area contributed by atoms with Crippen LogP contribution in [0.3, 0.4) is 0 Å². The first-order valence-electron chi connectivity index (χ1n) is 8.96. The van der Waals surface area contributed by atoms with Gasteiger partial charge in [0.05, 0.1) is 17.1 Å². The number of hydrogen-bond acceptors (Lipinski definition) is 5. The van der Waals surface area contributed by atoms with Crippen LogP contribution in [0.15, 0.2) is 59.8 Å². The summed E-state index contributed by atoms with van der Waals surface area (Å²) in [6.07, 6.45) is 6.35. The van der Waals surface area contributed by atoms with Crippen molar-refractivity contribution in [2.24, 2.45) is 0 Å². The van der Waals surface area contributed by atoms with Crippen LogP contribution in [-0.2, 0) is 27.9 Å². The number of fused-ring (bicyclic) bond motifs is 1. The number of H-pyrrole nitrogens is 1. The number of rotatable bonds is 5. The number of aromatic nitrogens is 3. The highest BCUT2D eigenvalue weighted by Gasteiger charge is 2.34. The third-order valence-electron chi connectivity index (χ3n) is 4.71. The lowest BCUT2D eigenvalue weighted by Crippen LogP contribution is -2.27. The molecule has 29 heavy (non-hydrogen) atoms. The van der Waals surface area contributed by atoms with E-state index in [4.69, 9.17) is 0 Å². The second-order valence-electron chi connectivity index (χ2n) is 6.67. The number of benzene rings is 1. The molecule has 0 spiro atoms. The molecular weight excluding hydrogens is 390 g/mol. The first-order chi connectivity index (χ1) is 13.9. The number of pyridine rings is 1. The monoisotopic (exact) mass is 409 g/mol. The lowest BCUT2D eigenvalue weighted by atomic mass is 10.2. The summed E-state index contributed by atoms with van der Waals surface area (Å²) in [5.74, 6) is 0.0698. The number of carbonyl (C=O) groups is 1. The maximum absolute atomic E-state index is 13.0. The van der Waals surface area contributed by atoms with Gasteiger partial charge in [-0.25, -0.2) is 8.42 Å². The predicted molar refractivity (Wildman–Crippen MR) is 108 cm³/mol. The number of carbonyl (C=O) groups excluding carboxylic acids is 1. The highest BCUT2D eigenvalue weighted by Crippen LogP contribution is 2.32. The summed E-state index contributed by atoms with van der Waals surface area (Å²) >= 11 is 0. The number of nitrogens with zero attached hydrogens (tertiary/aromatic N) is 3. The average Bonchev–Trinajstić information content (AvgIpc) is 3.30.